The predicted octanol–water partition coefficient (Wildman–Crippen LogP) is 4.14. The first-order valence-corrected chi connectivity index (χ1v) is 12.2. The summed E-state index contributed by atoms with van der Waals surface area (Å²) < 4.78 is 18.0. The fraction of sp³-hybridized carbons (Fsp3) is 0.357. The first kappa shape index (κ1) is 26.0. The van der Waals surface area contributed by atoms with Gasteiger partial charge in [-0.2, -0.15) is 10.4 Å². The number of aromatic nitrogens is 4. The summed E-state index contributed by atoms with van der Waals surface area (Å²) in [5.41, 5.74) is 5.46. The molecule has 0 spiro atoms. The molecule has 0 N–H and O–H groups in total. The first-order valence-electron chi connectivity index (χ1n) is 12.2. The maximum Gasteiger partial charge on any atom is 0.209 e. The zero-order valence-corrected chi connectivity index (χ0v) is 22.2. The smallest absolute Gasteiger partial charge is 0.209 e. The van der Waals surface area contributed by atoms with Crippen LogP contribution in [-0.2, 0) is 11.8 Å². The van der Waals surface area contributed by atoms with Crippen LogP contribution in [0.15, 0.2) is 36.4 Å². The molecule has 1 amide bonds. The Morgan fingerprint density at radius 3 is 2.49 bits per heavy atom. The molecule has 1 atom stereocenters. The molecule has 8 nitrogen and oxygen atoms in total. The van der Waals surface area contributed by atoms with Crippen molar-refractivity contribution in [3.63, 3.8) is 0 Å². The van der Waals surface area contributed by atoms with Gasteiger partial charge in [0.05, 0.1) is 16.8 Å². The van der Waals surface area contributed by atoms with Gasteiger partial charge in [0.25, 0.3) is 0 Å². The molecule has 5 rings (SSSR count). The number of amides is 1. The minimum atomic E-state index is -0.543. The number of aryl methyl sites for hydroxylation is 3. The number of hydrogen-bond donors (Lipinski definition) is 0. The molecular formula is C28H32FN7O. The number of halogens is 1. The molecule has 0 bridgehead atoms. The second-order valence-corrected chi connectivity index (χ2v) is 9.66. The summed E-state index contributed by atoms with van der Waals surface area (Å²) in [6.07, 6.45) is 2.05. The van der Waals surface area contributed by atoms with Gasteiger partial charge in [0.1, 0.15) is 17.7 Å². The molecule has 1 unspecified atom stereocenters. The van der Waals surface area contributed by atoms with Gasteiger partial charge in [0, 0.05) is 54.2 Å². The maximum atomic E-state index is 14.2. The van der Waals surface area contributed by atoms with E-state index >= 15 is 0 Å². The monoisotopic (exact) mass is 501 g/mol. The van der Waals surface area contributed by atoms with E-state index in [1.54, 1.807) is 6.07 Å². The van der Waals surface area contributed by atoms with Gasteiger partial charge in [-0.1, -0.05) is 0 Å². The Balaban J connectivity index is 0.000000270. The van der Waals surface area contributed by atoms with Crippen molar-refractivity contribution in [3.8, 4) is 23.1 Å². The summed E-state index contributed by atoms with van der Waals surface area (Å²) >= 11 is 0. The van der Waals surface area contributed by atoms with E-state index in [-0.39, 0.29) is 5.56 Å². The minimum absolute atomic E-state index is 0.0257. The Kier molecular flexibility index (Phi) is 7.41. The average Bonchev–Trinajstić information content (AvgIpc) is 3.56. The van der Waals surface area contributed by atoms with E-state index in [9.17, 15) is 9.18 Å². The van der Waals surface area contributed by atoms with Crippen LogP contribution in [0, 0.1) is 37.9 Å². The quantitative estimate of drug-likeness (QED) is 0.393. The molecule has 1 aliphatic rings. The SMILES string of the molecule is CN(C)C1CCN(C=O)C1.Cc1nc(-c2ccc(C#N)c(F)c2)n(-c2ccc3nn(C)c(C)c3c2)c1C. The summed E-state index contributed by atoms with van der Waals surface area (Å²) in [7, 11) is 6.03. The fourth-order valence-electron chi connectivity index (χ4n) is 4.60. The van der Waals surface area contributed by atoms with Crippen molar-refractivity contribution in [1.29, 1.82) is 5.26 Å². The topological polar surface area (TPSA) is 83.0 Å². The van der Waals surface area contributed by atoms with Crippen molar-refractivity contribution in [1.82, 2.24) is 29.1 Å². The molecule has 4 aromatic rings. The van der Waals surface area contributed by atoms with Crippen LogP contribution in [0.2, 0.25) is 0 Å². The Bertz CT molecular complexity index is 1490. The molecular weight excluding hydrogens is 469 g/mol. The normalized spacial score (nSPS) is 15.1. The Hall–Kier alpha value is -4.03. The van der Waals surface area contributed by atoms with Gasteiger partial charge >= 0.3 is 0 Å². The zero-order chi connectivity index (χ0) is 26.9. The number of imidazole rings is 1. The van der Waals surface area contributed by atoms with E-state index in [1.165, 1.54) is 12.1 Å². The number of fused-ring (bicyclic) bond motifs is 1. The molecule has 0 aliphatic carbocycles. The molecule has 0 radical (unpaired) electrons. The number of carbonyl (C=O) groups excluding carboxylic acids is 1. The zero-order valence-electron chi connectivity index (χ0n) is 22.2. The molecule has 1 aliphatic heterocycles. The van der Waals surface area contributed by atoms with Crippen molar-refractivity contribution < 1.29 is 9.18 Å². The van der Waals surface area contributed by atoms with Crippen LogP contribution in [0.4, 0.5) is 4.39 Å². The molecule has 3 heterocycles. The standard InChI is InChI=1S/C21H18FN5.C7H14N2O/c1-12-13(2)27(17-7-8-20-18(10-17)14(3)26(4)25-20)21(24-12)15-5-6-16(11-23)19(22)9-15;1-8(2)7-3-4-9(5-7)6-10/h5-10H,1-4H3;6-7H,3-5H2,1-2H3. The third kappa shape index (κ3) is 5.11. The van der Waals surface area contributed by atoms with Crippen LogP contribution in [0.5, 0.6) is 0 Å². The third-order valence-corrected chi connectivity index (χ3v) is 7.14. The molecule has 37 heavy (non-hydrogen) atoms. The maximum absolute atomic E-state index is 14.2. The summed E-state index contributed by atoms with van der Waals surface area (Å²) in [5, 5.41) is 14.5. The Morgan fingerprint density at radius 1 is 1.14 bits per heavy atom. The van der Waals surface area contributed by atoms with Crippen LogP contribution in [0.3, 0.4) is 0 Å². The number of nitrogens with zero attached hydrogens (tertiary/aromatic N) is 7. The highest BCUT2D eigenvalue weighted by atomic mass is 19.1. The Morgan fingerprint density at radius 2 is 1.89 bits per heavy atom. The molecule has 9 heteroatoms. The van der Waals surface area contributed by atoms with Gasteiger partial charge in [-0.15, -0.1) is 0 Å². The number of likely N-dealkylation sites (N-methyl/N-ethyl adjacent to an activating group) is 1. The number of rotatable bonds is 4. The number of hydrogen-bond acceptors (Lipinski definition) is 5. The lowest BCUT2D eigenvalue weighted by Gasteiger charge is -2.17. The van der Waals surface area contributed by atoms with E-state index in [4.69, 9.17) is 5.26 Å². The first-order chi connectivity index (χ1) is 17.6. The number of likely N-dealkylation sites (tertiary alicyclic amines) is 1. The van der Waals surface area contributed by atoms with Gasteiger partial charge in [0.15, 0.2) is 0 Å². The lowest BCUT2D eigenvalue weighted by atomic mass is 10.1. The van der Waals surface area contributed by atoms with E-state index in [1.807, 2.05) is 60.2 Å². The van der Waals surface area contributed by atoms with E-state index < -0.39 is 5.82 Å². The van der Waals surface area contributed by atoms with E-state index in [2.05, 4.69) is 35.1 Å². The van der Waals surface area contributed by atoms with E-state index in [0.717, 1.165) is 59.6 Å². The second-order valence-electron chi connectivity index (χ2n) is 9.66. The number of carbonyl (C=O) groups is 1. The van der Waals surface area contributed by atoms with Crippen molar-refractivity contribution in [2.75, 3.05) is 27.2 Å². The van der Waals surface area contributed by atoms with Crippen LogP contribution >= 0.6 is 0 Å². The van der Waals surface area contributed by atoms with Crippen molar-refractivity contribution >= 4 is 17.3 Å². The third-order valence-electron chi connectivity index (χ3n) is 7.14. The molecule has 1 fully saturated rings. The average molecular weight is 502 g/mol. The fourth-order valence-corrected chi connectivity index (χ4v) is 4.60. The largest absolute Gasteiger partial charge is 0.344 e. The highest BCUT2D eigenvalue weighted by molar-refractivity contribution is 5.84. The molecule has 1 saturated heterocycles. The molecule has 2 aromatic carbocycles. The van der Waals surface area contributed by atoms with Crippen molar-refractivity contribution in [2.24, 2.45) is 7.05 Å². The summed E-state index contributed by atoms with van der Waals surface area (Å²) in [6, 6.07) is 13.1. The summed E-state index contributed by atoms with van der Waals surface area (Å²) in [6.45, 7) is 7.78. The lowest BCUT2D eigenvalue weighted by Crippen LogP contribution is -2.30. The van der Waals surface area contributed by atoms with Crippen LogP contribution < -0.4 is 0 Å². The van der Waals surface area contributed by atoms with Gasteiger partial charge in [0.2, 0.25) is 6.41 Å². The summed E-state index contributed by atoms with van der Waals surface area (Å²) in [4.78, 5) is 18.9. The minimum Gasteiger partial charge on any atom is -0.344 e. The molecule has 2 aromatic heterocycles. The van der Waals surface area contributed by atoms with Gasteiger partial charge in [-0.3, -0.25) is 14.0 Å². The van der Waals surface area contributed by atoms with Crippen LogP contribution in [0.1, 0.15) is 29.1 Å². The summed E-state index contributed by atoms with van der Waals surface area (Å²) in [5.74, 6) is 0.104. The molecule has 192 valence electrons. The number of benzene rings is 2. The highest BCUT2D eigenvalue weighted by Crippen LogP contribution is 2.29. The predicted molar refractivity (Wildman–Crippen MR) is 142 cm³/mol. The number of nitriles is 1. The van der Waals surface area contributed by atoms with Crippen LogP contribution in [0.25, 0.3) is 28.0 Å². The molecule has 0 saturated carbocycles. The van der Waals surface area contributed by atoms with Gasteiger partial charge < -0.3 is 9.80 Å². The van der Waals surface area contributed by atoms with Crippen molar-refractivity contribution in [3.05, 3.63) is 64.9 Å². The lowest BCUT2D eigenvalue weighted by molar-refractivity contribution is -0.117. The van der Waals surface area contributed by atoms with Crippen molar-refractivity contribution in [2.45, 2.75) is 33.2 Å². The second kappa shape index (κ2) is 10.5. The van der Waals surface area contributed by atoms with E-state index in [0.29, 0.717) is 17.4 Å². The van der Waals surface area contributed by atoms with Gasteiger partial charge in [-0.05, 0) is 77.7 Å². The highest BCUT2D eigenvalue weighted by Gasteiger charge is 2.22. The van der Waals surface area contributed by atoms with Gasteiger partial charge in [-0.25, -0.2) is 9.37 Å². The van der Waals surface area contributed by atoms with Crippen LogP contribution in [-0.4, -0.2) is 68.8 Å². The Labute approximate surface area is 216 Å².